The Hall–Kier alpha value is -5.21. The third-order valence-corrected chi connectivity index (χ3v) is 9.16. The number of rotatable bonds is 11. The zero-order chi connectivity index (χ0) is 32.7. The van der Waals surface area contributed by atoms with Crippen molar-refractivity contribution in [2.75, 3.05) is 43.8 Å². The third-order valence-electron chi connectivity index (χ3n) is 7.40. The van der Waals surface area contributed by atoms with Gasteiger partial charge in [0.1, 0.15) is 18.0 Å². The standard InChI is InChI=1S/C32H34N6O7S/c1-24-31(32(41)38(35(24)2)26-9-5-3-6-10-26)37(46(42,43)28-11-7-4-8-12-28)22-29(39)34-33-21-25-13-15-27(16-14-25)45-23-30(40)36-17-19-44-20-18-36/h3-16,21H,17-20,22-23H2,1-2H3,(H,34,39)/b33-21-. The van der Waals surface area contributed by atoms with Gasteiger partial charge >= 0.3 is 0 Å². The number of morpholine rings is 1. The second-order valence-electron chi connectivity index (χ2n) is 10.4. The normalized spacial score (nSPS) is 13.5. The van der Waals surface area contributed by atoms with Crippen LogP contribution in [-0.4, -0.2) is 80.2 Å². The minimum Gasteiger partial charge on any atom is -0.484 e. The van der Waals surface area contributed by atoms with Gasteiger partial charge in [-0.2, -0.15) is 5.10 Å². The average molecular weight is 647 g/mol. The first-order valence-corrected chi connectivity index (χ1v) is 15.9. The minimum atomic E-state index is -4.33. The van der Waals surface area contributed by atoms with Gasteiger partial charge in [-0.25, -0.2) is 22.8 Å². The van der Waals surface area contributed by atoms with Gasteiger partial charge in [-0.05, 0) is 61.0 Å². The van der Waals surface area contributed by atoms with E-state index in [-0.39, 0.29) is 23.1 Å². The minimum absolute atomic E-state index is 0.0748. The van der Waals surface area contributed by atoms with Crippen LogP contribution in [0.3, 0.4) is 0 Å². The Morgan fingerprint density at radius 2 is 1.61 bits per heavy atom. The average Bonchev–Trinajstić information content (AvgIpc) is 3.30. The number of sulfonamides is 1. The van der Waals surface area contributed by atoms with Crippen LogP contribution in [0.25, 0.3) is 5.69 Å². The quantitative estimate of drug-likeness (QED) is 0.194. The van der Waals surface area contributed by atoms with E-state index in [0.717, 1.165) is 4.31 Å². The molecule has 0 aliphatic carbocycles. The van der Waals surface area contributed by atoms with Crippen LogP contribution in [0.1, 0.15) is 11.3 Å². The number of hydrogen-bond donors (Lipinski definition) is 1. The number of aromatic nitrogens is 2. The summed E-state index contributed by atoms with van der Waals surface area (Å²) in [5.74, 6) is -0.389. The van der Waals surface area contributed by atoms with Crippen molar-refractivity contribution in [3.05, 3.63) is 107 Å². The molecule has 2 heterocycles. The highest BCUT2D eigenvalue weighted by atomic mass is 32.2. The van der Waals surface area contributed by atoms with Crippen LogP contribution in [-0.2, 0) is 31.4 Å². The summed E-state index contributed by atoms with van der Waals surface area (Å²) in [4.78, 5) is 40.8. The number of benzene rings is 3. The molecule has 1 N–H and O–H groups in total. The Morgan fingerprint density at radius 1 is 0.978 bits per heavy atom. The van der Waals surface area contributed by atoms with Gasteiger partial charge in [0.25, 0.3) is 27.4 Å². The van der Waals surface area contributed by atoms with Crippen LogP contribution >= 0.6 is 0 Å². The lowest BCUT2D eigenvalue weighted by molar-refractivity contribution is -0.137. The number of nitrogens with one attached hydrogen (secondary N) is 1. The number of ether oxygens (including phenoxy) is 2. The fourth-order valence-corrected chi connectivity index (χ4v) is 6.38. The molecule has 0 spiro atoms. The predicted molar refractivity (Wildman–Crippen MR) is 172 cm³/mol. The van der Waals surface area contributed by atoms with Crippen molar-refractivity contribution in [2.24, 2.45) is 12.1 Å². The second kappa shape index (κ2) is 14.3. The van der Waals surface area contributed by atoms with Crippen LogP contribution in [0, 0.1) is 6.92 Å². The van der Waals surface area contributed by atoms with Gasteiger partial charge in [0.05, 0.1) is 35.7 Å². The Morgan fingerprint density at radius 3 is 2.26 bits per heavy atom. The summed E-state index contributed by atoms with van der Waals surface area (Å²) in [5.41, 5.74) is 3.10. The lowest BCUT2D eigenvalue weighted by Crippen LogP contribution is -2.42. The van der Waals surface area contributed by atoms with Gasteiger partial charge in [0.15, 0.2) is 6.61 Å². The van der Waals surface area contributed by atoms with Crippen LogP contribution in [0.5, 0.6) is 5.75 Å². The molecule has 4 aromatic rings. The van der Waals surface area contributed by atoms with Crippen LogP contribution < -0.4 is 20.0 Å². The molecule has 1 fully saturated rings. The van der Waals surface area contributed by atoms with E-state index in [1.807, 2.05) is 0 Å². The molecule has 0 atom stereocenters. The molecule has 1 saturated heterocycles. The predicted octanol–water partition coefficient (Wildman–Crippen LogP) is 2.07. The fraction of sp³-hybridized carbons (Fsp3) is 0.250. The van der Waals surface area contributed by atoms with Gasteiger partial charge in [0.2, 0.25) is 0 Å². The molecule has 240 valence electrons. The highest BCUT2D eigenvalue weighted by Crippen LogP contribution is 2.25. The maximum Gasteiger partial charge on any atom is 0.296 e. The summed E-state index contributed by atoms with van der Waals surface area (Å²) in [7, 11) is -2.69. The molecule has 5 rings (SSSR count). The van der Waals surface area contributed by atoms with E-state index in [0.29, 0.717) is 49.0 Å². The molecule has 0 radical (unpaired) electrons. The molecular formula is C32H34N6O7S. The number of amides is 2. The van der Waals surface area contributed by atoms with Crippen LogP contribution in [0.2, 0.25) is 0 Å². The number of hydrazone groups is 1. The largest absolute Gasteiger partial charge is 0.484 e. The first kappa shape index (κ1) is 32.2. The maximum absolute atomic E-state index is 13.9. The molecule has 14 heteroatoms. The van der Waals surface area contributed by atoms with E-state index < -0.39 is 28.0 Å². The van der Waals surface area contributed by atoms with Gasteiger partial charge in [-0.1, -0.05) is 36.4 Å². The number of carbonyl (C=O) groups is 2. The van der Waals surface area contributed by atoms with E-state index >= 15 is 0 Å². The summed E-state index contributed by atoms with van der Waals surface area (Å²) >= 11 is 0. The molecular weight excluding hydrogens is 612 g/mol. The molecule has 2 amide bonds. The number of nitrogens with zero attached hydrogens (tertiary/aromatic N) is 5. The summed E-state index contributed by atoms with van der Waals surface area (Å²) in [6.45, 7) is 2.92. The molecule has 0 unspecified atom stereocenters. The molecule has 46 heavy (non-hydrogen) atoms. The Kier molecular flexibility index (Phi) is 9.98. The van der Waals surface area contributed by atoms with Crippen molar-refractivity contribution in [1.82, 2.24) is 19.7 Å². The Balaban J connectivity index is 1.31. The van der Waals surface area contributed by atoms with E-state index in [1.54, 1.807) is 96.3 Å². The summed E-state index contributed by atoms with van der Waals surface area (Å²) < 4.78 is 42.3. The topological polar surface area (TPSA) is 145 Å². The van der Waals surface area contributed by atoms with Crippen LogP contribution in [0.15, 0.2) is 99.7 Å². The Bertz CT molecular complexity index is 1870. The fourth-order valence-electron chi connectivity index (χ4n) is 4.89. The lowest BCUT2D eigenvalue weighted by Gasteiger charge is -2.26. The summed E-state index contributed by atoms with van der Waals surface area (Å²) in [6, 6.07) is 23.1. The van der Waals surface area contributed by atoms with Crippen molar-refractivity contribution in [3.63, 3.8) is 0 Å². The van der Waals surface area contributed by atoms with Gasteiger partial charge < -0.3 is 14.4 Å². The summed E-state index contributed by atoms with van der Waals surface area (Å²) in [6.07, 6.45) is 1.38. The van der Waals surface area contributed by atoms with Crippen molar-refractivity contribution >= 4 is 33.7 Å². The van der Waals surface area contributed by atoms with Crippen LogP contribution in [0.4, 0.5) is 5.69 Å². The highest BCUT2D eigenvalue weighted by Gasteiger charge is 2.33. The molecule has 1 aromatic heterocycles. The highest BCUT2D eigenvalue weighted by molar-refractivity contribution is 7.92. The number of anilines is 1. The van der Waals surface area contributed by atoms with Crippen molar-refractivity contribution in [3.8, 4) is 11.4 Å². The maximum atomic E-state index is 13.9. The smallest absolute Gasteiger partial charge is 0.296 e. The van der Waals surface area contributed by atoms with E-state index in [9.17, 15) is 22.8 Å². The number of carbonyl (C=O) groups excluding carboxylic acids is 2. The Labute approximate surface area is 266 Å². The lowest BCUT2D eigenvalue weighted by atomic mass is 10.2. The van der Waals surface area contributed by atoms with Crippen molar-refractivity contribution in [1.29, 1.82) is 0 Å². The van der Waals surface area contributed by atoms with E-state index in [2.05, 4.69) is 10.5 Å². The number of hydrogen-bond acceptors (Lipinski definition) is 8. The first-order valence-electron chi connectivity index (χ1n) is 14.5. The second-order valence-corrected chi connectivity index (χ2v) is 12.2. The monoisotopic (exact) mass is 646 g/mol. The van der Waals surface area contributed by atoms with Gasteiger partial charge in [-0.15, -0.1) is 0 Å². The van der Waals surface area contributed by atoms with E-state index in [1.165, 1.54) is 23.0 Å². The zero-order valence-electron chi connectivity index (χ0n) is 25.4. The number of para-hydroxylation sites is 1. The SMILES string of the molecule is Cc1c(N(CC(=O)N/N=C\c2ccc(OCC(=O)N3CCOCC3)cc2)S(=O)(=O)c2ccccc2)c(=O)n(-c2ccccc2)n1C. The first-order chi connectivity index (χ1) is 22.2. The molecule has 13 nitrogen and oxygen atoms in total. The zero-order valence-corrected chi connectivity index (χ0v) is 26.2. The molecule has 3 aromatic carbocycles. The third kappa shape index (κ3) is 7.19. The molecule has 0 bridgehead atoms. The molecule has 1 aliphatic rings. The van der Waals surface area contributed by atoms with Gasteiger partial charge in [0, 0.05) is 20.1 Å². The van der Waals surface area contributed by atoms with Gasteiger partial charge in [-0.3, -0.25) is 19.1 Å². The summed E-state index contributed by atoms with van der Waals surface area (Å²) in [5, 5.41) is 3.98. The van der Waals surface area contributed by atoms with Crippen molar-refractivity contribution in [2.45, 2.75) is 11.8 Å². The molecule has 0 saturated carbocycles. The molecule has 1 aliphatic heterocycles. The van der Waals surface area contributed by atoms with Crippen molar-refractivity contribution < 1.29 is 27.5 Å². The van der Waals surface area contributed by atoms with E-state index in [4.69, 9.17) is 9.47 Å².